The molecule has 0 aliphatic heterocycles. The molecule has 0 spiro atoms. The Labute approximate surface area is 131 Å². The van der Waals surface area contributed by atoms with Crippen molar-refractivity contribution in [3.8, 4) is 0 Å². The van der Waals surface area contributed by atoms with E-state index in [1.165, 1.54) is 12.1 Å². The number of nitrogens with one attached hydrogen (secondary N) is 1. The molecule has 0 fully saturated rings. The van der Waals surface area contributed by atoms with Crippen molar-refractivity contribution >= 4 is 40.8 Å². The second-order valence-electron chi connectivity index (χ2n) is 4.33. The van der Waals surface area contributed by atoms with Gasteiger partial charge in [0.25, 0.3) is 0 Å². The molecule has 4 nitrogen and oxygen atoms in total. The van der Waals surface area contributed by atoms with Crippen LogP contribution in [-0.4, -0.2) is 17.0 Å². The second-order valence-corrected chi connectivity index (χ2v) is 5.17. The first kappa shape index (κ1) is 15.4. The van der Waals surface area contributed by atoms with Gasteiger partial charge >= 0.3 is 5.97 Å². The lowest BCUT2D eigenvalue weighted by Gasteiger charge is -2.11. The van der Waals surface area contributed by atoms with E-state index in [0.29, 0.717) is 0 Å². The van der Waals surface area contributed by atoms with E-state index in [1.807, 2.05) is 18.2 Å². The summed E-state index contributed by atoms with van der Waals surface area (Å²) in [5, 5.41) is 12.0. The Morgan fingerprint density at radius 2 is 1.76 bits per heavy atom. The van der Waals surface area contributed by atoms with Crippen molar-refractivity contribution in [2.45, 2.75) is 6.42 Å². The Hall–Kier alpha value is -2.04. The highest BCUT2D eigenvalue weighted by Gasteiger charge is 2.17. The number of amides is 1. The summed E-state index contributed by atoms with van der Waals surface area (Å²) in [6.45, 7) is 0. The van der Waals surface area contributed by atoms with Crippen LogP contribution < -0.4 is 5.32 Å². The number of carboxylic acid groups (broad SMARTS) is 1. The summed E-state index contributed by atoms with van der Waals surface area (Å²) in [5.41, 5.74) is 0.723. The Balaban J connectivity index is 2.23. The fraction of sp³-hybridized carbons (Fsp3) is 0.0667. The quantitative estimate of drug-likeness (QED) is 0.897. The van der Waals surface area contributed by atoms with Gasteiger partial charge in [-0.3, -0.25) is 4.79 Å². The molecular weight excluding hydrogens is 313 g/mol. The lowest BCUT2D eigenvalue weighted by molar-refractivity contribution is -0.115. The van der Waals surface area contributed by atoms with Crippen molar-refractivity contribution in [1.82, 2.24) is 0 Å². The number of carbonyl (C=O) groups excluding carboxylic acids is 1. The summed E-state index contributed by atoms with van der Waals surface area (Å²) in [7, 11) is 0. The minimum Gasteiger partial charge on any atom is -0.478 e. The molecule has 2 aromatic rings. The maximum atomic E-state index is 12.0. The number of rotatable bonds is 4. The van der Waals surface area contributed by atoms with Crippen LogP contribution in [0.3, 0.4) is 0 Å². The maximum Gasteiger partial charge on any atom is 0.337 e. The highest BCUT2D eigenvalue weighted by molar-refractivity contribution is 6.37. The lowest BCUT2D eigenvalue weighted by Crippen LogP contribution is -2.17. The van der Waals surface area contributed by atoms with E-state index in [9.17, 15) is 9.59 Å². The van der Waals surface area contributed by atoms with Crippen LogP contribution in [0.4, 0.5) is 5.69 Å². The summed E-state index contributed by atoms with van der Waals surface area (Å²) in [6, 6.07) is 11.7. The van der Waals surface area contributed by atoms with Crippen LogP contribution in [0.1, 0.15) is 15.9 Å². The fourth-order valence-corrected chi connectivity index (χ4v) is 2.37. The van der Waals surface area contributed by atoms with Gasteiger partial charge in [0.2, 0.25) is 5.91 Å². The fourth-order valence-electron chi connectivity index (χ4n) is 1.83. The molecule has 0 saturated carbocycles. The van der Waals surface area contributed by atoms with Crippen LogP contribution in [0.2, 0.25) is 10.0 Å². The van der Waals surface area contributed by atoms with E-state index in [4.69, 9.17) is 28.3 Å². The third kappa shape index (κ3) is 3.97. The first-order valence-electron chi connectivity index (χ1n) is 6.03. The number of carbonyl (C=O) groups is 2. The molecule has 108 valence electrons. The predicted molar refractivity (Wildman–Crippen MR) is 82.2 cm³/mol. The van der Waals surface area contributed by atoms with Gasteiger partial charge in [0.15, 0.2) is 0 Å². The Bertz CT molecular complexity index is 687. The molecule has 0 unspecified atom stereocenters. The molecule has 0 saturated heterocycles. The molecule has 0 heterocycles. The second kappa shape index (κ2) is 6.61. The average Bonchev–Trinajstić information content (AvgIpc) is 2.42. The van der Waals surface area contributed by atoms with Gasteiger partial charge in [0.1, 0.15) is 0 Å². The molecule has 1 amide bonds. The standard InChI is InChI=1S/C15H11Cl2NO3/c16-10-7-11(15(20)21)14(12(17)8-10)18-13(19)6-9-4-2-1-3-5-9/h1-5,7-8H,6H2,(H,18,19)(H,20,21). The summed E-state index contributed by atoms with van der Waals surface area (Å²) >= 11 is 11.7. The number of carboxylic acids is 1. The molecular formula is C15H11Cl2NO3. The van der Waals surface area contributed by atoms with E-state index in [2.05, 4.69) is 5.32 Å². The maximum absolute atomic E-state index is 12.0. The van der Waals surface area contributed by atoms with E-state index < -0.39 is 5.97 Å². The highest BCUT2D eigenvalue weighted by Crippen LogP contribution is 2.30. The molecule has 0 radical (unpaired) electrons. The van der Waals surface area contributed by atoms with Crippen molar-refractivity contribution < 1.29 is 14.7 Å². The highest BCUT2D eigenvalue weighted by atomic mass is 35.5. The predicted octanol–water partition coefficient (Wildman–Crippen LogP) is 3.87. The number of aromatic carboxylic acids is 1. The van der Waals surface area contributed by atoms with Crippen molar-refractivity contribution in [2.24, 2.45) is 0 Å². The zero-order chi connectivity index (χ0) is 15.4. The molecule has 0 aliphatic carbocycles. The van der Waals surface area contributed by atoms with Gasteiger partial charge in [-0.05, 0) is 17.7 Å². The third-order valence-electron chi connectivity index (χ3n) is 2.76. The van der Waals surface area contributed by atoms with Gasteiger partial charge in [-0.2, -0.15) is 0 Å². The van der Waals surface area contributed by atoms with Crippen LogP contribution in [0.5, 0.6) is 0 Å². The first-order valence-corrected chi connectivity index (χ1v) is 6.79. The number of hydrogen-bond donors (Lipinski definition) is 2. The van der Waals surface area contributed by atoms with E-state index in [0.717, 1.165) is 5.56 Å². The van der Waals surface area contributed by atoms with Crippen molar-refractivity contribution in [2.75, 3.05) is 5.32 Å². The lowest BCUT2D eigenvalue weighted by atomic mass is 10.1. The van der Waals surface area contributed by atoms with Crippen molar-refractivity contribution in [1.29, 1.82) is 0 Å². The Morgan fingerprint density at radius 3 is 2.38 bits per heavy atom. The minimum atomic E-state index is -1.21. The van der Waals surface area contributed by atoms with Gasteiger partial charge in [0.05, 0.1) is 22.7 Å². The Morgan fingerprint density at radius 1 is 1.10 bits per heavy atom. The van der Waals surface area contributed by atoms with Gasteiger partial charge in [-0.25, -0.2) is 4.79 Å². The van der Waals surface area contributed by atoms with E-state index >= 15 is 0 Å². The van der Waals surface area contributed by atoms with Gasteiger partial charge in [-0.1, -0.05) is 53.5 Å². The van der Waals surface area contributed by atoms with Crippen LogP contribution in [0.15, 0.2) is 42.5 Å². The third-order valence-corrected chi connectivity index (χ3v) is 3.27. The number of halogens is 2. The molecule has 6 heteroatoms. The number of benzene rings is 2. The van der Waals surface area contributed by atoms with Crippen LogP contribution in [0.25, 0.3) is 0 Å². The minimum absolute atomic E-state index is 0.0505. The number of anilines is 1. The summed E-state index contributed by atoms with van der Waals surface area (Å²) in [4.78, 5) is 23.2. The van der Waals surface area contributed by atoms with Gasteiger partial charge in [-0.15, -0.1) is 0 Å². The topological polar surface area (TPSA) is 66.4 Å². The van der Waals surface area contributed by atoms with Gasteiger partial charge in [0, 0.05) is 5.02 Å². The summed E-state index contributed by atoms with van der Waals surface area (Å²) in [6.07, 6.45) is 0.124. The summed E-state index contributed by atoms with van der Waals surface area (Å²) in [5.74, 6) is -1.57. The smallest absolute Gasteiger partial charge is 0.337 e. The molecule has 0 aliphatic rings. The van der Waals surface area contributed by atoms with E-state index in [-0.39, 0.29) is 33.6 Å². The number of hydrogen-bond acceptors (Lipinski definition) is 2. The molecule has 2 aromatic carbocycles. The monoisotopic (exact) mass is 323 g/mol. The Kier molecular flexibility index (Phi) is 4.83. The zero-order valence-corrected chi connectivity index (χ0v) is 12.3. The summed E-state index contributed by atoms with van der Waals surface area (Å²) < 4.78 is 0. The van der Waals surface area contributed by atoms with Crippen LogP contribution in [0, 0.1) is 0 Å². The first-order chi connectivity index (χ1) is 9.97. The van der Waals surface area contributed by atoms with Crippen LogP contribution in [-0.2, 0) is 11.2 Å². The molecule has 0 aromatic heterocycles. The van der Waals surface area contributed by atoms with Crippen molar-refractivity contribution in [3.63, 3.8) is 0 Å². The van der Waals surface area contributed by atoms with Crippen molar-refractivity contribution in [3.05, 3.63) is 63.6 Å². The SMILES string of the molecule is O=C(Cc1ccccc1)Nc1c(Cl)cc(Cl)cc1C(=O)O. The average molecular weight is 324 g/mol. The van der Waals surface area contributed by atoms with E-state index in [1.54, 1.807) is 12.1 Å². The molecule has 21 heavy (non-hydrogen) atoms. The molecule has 0 bridgehead atoms. The van der Waals surface area contributed by atoms with Gasteiger partial charge < -0.3 is 10.4 Å². The van der Waals surface area contributed by atoms with Crippen LogP contribution >= 0.6 is 23.2 Å². The molecule has 2 rings (SSSR count). The zero-order valence-electron chi connectivity index (χ0n) is 10.8. The molecule has 2 N–H and O–H groups in total. The molecule has 0 atom stereocenters. The normalized spacial score (nSPS) is 10.2. The largest absolute Gasteiger partial charge is 0.478 e.